The second-order valence-electron chi connectivity index (χ2n) is 14.5. The smallest absolute Gasteiger partial charge is 0.338 e. The molecule has 1 aromatic carbocycles. The molecule has 0 amide bonds. The van der Waals surface area contributed by atoms with E-state index < -0.39 is 5.60 Å². The Kier molecular flexibility index (Phi) is 8.09. The van der Waals surface area contributed by atoms with E-state index in [1.165, 1.54) is 44.9 Å². The summed E-state index contributed by atoms with van der Waals surface area (Å²) in [5, 5.41) is 11.1. The Bertz CT molecular complexity index is 959. The van der Waals surface area contributed by atoms with E-state index in [9.17, 15) is 9.90 Å². The monoisotopic (exact) mass is 522 g/mol. The first kappa shape index (κ1) is 28.2. The highest BCUT2D eigenvalue weighted by Crippen LogP contribution is 2.69. The molecule has 3 heteroatoms. The molecule has 4 saturated carbocycles. The van der Waals surface area contributed by atoms with Crippen LogP contribution in [0.5, 0.6) is 0 Å². The average molecular weight is 523 g/mol. The van der Waals surface area contributed by atoms with E-state index in [1.54, 1.807) is 0 Å². The Hall–Kier alpha value is -1.35. The normalized spacial score (nSPS) is 41.9. The van der Waals surface area contributed by atoms with Gasteiger partial charge in [-0.05, 0) is 142 Å². The summed E-state index contributed by atoms with van der Waals surface area (Å²) >= 11 is 0. The van der Waals surface area contributed by atoms with Crippen LogP contribution in [0, 0.1) is 46.3 Å². The highest BCUT2D eigenvalue weighted by atomic mass is 16.5. The van der Waals surface area contributed by atoms with E-state index in [0.29, 0.717) is 28.2 Å². The van der Waals surface area contributed by atoms with Gasteiger partial charge in [-0.3, -0.25) is 0 Å². The van der Waals surface area contributed by atoms with Crippen molar-refractivity contribution in [2.75, 3.05) is 0 Å². The standard InChI is InChI=1S/C35H54O3/c1-6-27(38-32(36)25-11-9-8-10-12-25)15-13-24(3)29-17-18-30-28-16-14-26-23-35(37,7-2)22-21-33(26,4)31(28)19-20-34(29,30)5/h8-12,24,26-31,37H,6-7,13-23H2,1-5H3/t24-,26+,27+,28+,29-,30+,31+,33+,34-,35+/m1/s1. The molecule has 1 aromatic rings. The van der Waals surface area contributed by atoms with Crippen molar-refractivity contribution in [2.45, 2.75) is 130 Å². The summed E-state index contributed by atoms with van der Waals surface area (Å²) in [7, 11) is 0. The fourth-order valence-electron chi connectivity index (χ4n) is 10.4. The van der Waals surface area contributed by atoms with Gasteiger partial charge < -0.3 is 9.84 Å². The Labute approximate surface area is 232 Å². The van der Waals surface area contributed by atoms with Crippen molar-refractivity contribution in [1.29, 1.82) is 0 Å². The van der Waals surface area contributed by atoms with Crippen LogP contribution in [0.3, 0.4) is 0 Å². The van der Waals surface area contributed by atoms with Gasteiger partial charge in [-0.2, -0.15) is 0 Å². The maximum absolute atomic E-state index is 12.6. The minimum absolute atomic E-state index is 0.00851. The minimum Gasteiger partial charge on any atom is -0.459 e. The van der Waals surface area contributed by atoms with Gasteiger partial charge in [-0.15, -0.1) is 0 Å². The van der Waals surface area contributed by atoms with Gasteiger partial charge in [0.1, 0.15) is 6.10 Å². The van der Waals surface area contributed by atoms with E-state index in [-0.39, 0.29) is 12.1 Å². The number of ether oxygens (including phenoxy) is 1. The van der Waals surface area contributed by atoms with Crippen LogP contribution in [0.2, 0.25) is 0 Å². The lowest BCUT2D eigenvalue weighted by atomic mass is 9.43. The molecule has 0 saturated heterocycles. The van der Waals surface area contributed by atoms with E-state index >= 15 is 0 Å². The molecule has 10 atom stereocenters. The van der Waals surface area contributed by atoms with E-state index in [4.69, 9.17) is 4.74 Å². The number of benzene rings is 1. The summed E-state index contributed by atoms with van der Waals surface area (Å²) in [5.74, 6) is 4.61. The second kappa shape index (κ2) is 10.9. The molecule has 0 unspecified atom stereocenters. The maximum Gasteiger partial charge on any atom is 0.338 e. The first-order valence-electron chi connectivity index (χ1n) is 16.1. The molecular weight excluding hydrogens is 468 g/mol. The molecule has 0 aliphatic heterocycles. The average Bonchev–Trinajstić information content (AvgIpc) is 3.29. The van der Waals surface area contributed by atoms with Crippen molar-refractivity contribution < 1.29 is 14.6 Å². The molecule has 38 heavy (non-hydrogen) atoms. The molecule has 4 aliphatic carbocycles. The van der Waals surface area contributed by atoms with Gasteiger partial charge in [0.05, 0.1) is 11.2 Å². The van der Waals surface area contributed by atoms with Gasteiger partial charge in [0.2, 0.25) is 0 Å². The fourth-order valence-corrected chi connectivity index (χ4v) is 10.4. The van der Waals surface area contributed by atoms with E-state index in [0.717, 1.165) is 62.2 Å². The largest absolute Gasteiger partial charge is 0.459 e. The Morgan fingerprint density at radius 3 is 2.39 bits per heavy atom. The highest BCUT2D eigenvalue weighted by molar-refractivity contribution is 5.89. The number of aliphatic hydroxyl groups is 1. The fraction of sp³-hybridized carbons (Fsp3) is 0.800. The van der Waals surface area contributed by atoms with E-state index in [2.05, 4.69) is 34.6 Å². The molecule has 4 aliphatic rings. The van der Waals surface area contributed by atoms with Crippen LogP contribution in [0.15, 0.2) is 30.3 Å². The first-order chi connectivity index (χ1) is 18.1. The van der Waals surface area contributed by atoms with Gasteiger partial charge in [-0.1, -0.05) is 52.8 Å². The molecule has 212 valence electrons. The van der Waals surface area contributed by atoms with Gasteiger partial charge in [0.25, 0.3) is 0 Å². The number of carbonyl (C=O) groups is 1. The zero-order valence-corrected chi connectivity index (χ0v) is 24.9. The van der Waals surface area contributed by atoms with Crippen molar-refractivity contribution in [1.82, 2.24) is 0 Å². The molecule has 0 bridgehead atoms. The van der Waals surface area contributed by atoms with Gasteiger partial charge in [-0.25, -0.2) is 4.79 Å². The molecule has 0 aromatic heterocycles. The van der Waals surface area contributed by atoms with Crippen LogP contribution < -0.4 is 0 Å². The summed E-state index contributed by atoms with van der Waals surface area (Å²) in [6, 6.07) is 9.43. The SMILES string of the molecule is CC[C@@H](CC[C@@H](C)[C@H]1CC[C@H]2[C@@H]3CC[C@H]4C[C@](O)(CC)CC[C@]4(C)[C@H]3CC[C@]12C)OC(=O)c1ccccc1. The van der Waals surface area contributed by atoms with Crippen LogP contribution >= 0.6 is 0 Å². The number of rotatable bonds is 8. The summed E-state index contributed by atoms with van der Waals surface area (Å²) in [6.07, 6.45) is 15.5. The molecular formula is C35H54O3. The van der Waals surface area contributed by atoms with Crippen LogP contribution in [-0.2, 0) is 4.74 Å². The van der Waals surface area contributed by atoms with Crippen molar-refractivity contribution in [3.05, 3.63) is 35.9 Å². The van der Waals surface area contributed by atoms with Gasteiger partial charge in [0.15, 0.2) is 0 Å². The summed E-state index contributed by atoms with van der Waals surface area (Å²) in [6.45, 7) is 12.1. The Morgan fingerprint density at radius 1 is 0.947 bits per heavy atom. The van der Waals surface area contributed by atoms with Crippen molar-refractivity contribution >= 4 is 5.97 Å². The third kappa shape index (κ3) is 4.99. The van der Waals surface area contributed by atoms with Crippen LogP contribution in [0.4, 0.5) is 0 Å². The number of fused-ring (bicyclic) bond motifs is 5. The predicted molar refractivity (Wildman–Crippen MR) is 155 cm³/mol. The van der Waals surface area contributed by atoms with Gasteiger partial charge >= 0.3 is 5.97 Å². The van der Waals surface area contributed by atoms with Gasteiger partial charge in [0, 0.05) is 0 Å². The zero-order chi connectivity index (χ0) is 27.1. The molecule has 5 rings (SSSR count). The maximum atomic E-state index is 12.6. The number of hydrogen-bond acceptors (Lipinski definition) is 3. The van der Waals surface area contributed by atoms with Crippen molar-refractivity contribution in [3.8, 4) is 0 Å². The molecule has 3 nitrogen and oxygen atoms in total. The zero-order valence-electron chi connectivity index (χ0n) is 24.9. The molecule has 0 heterocycles. The van der Waals surface area contributed by atoms with Crippen LogP contribution in [0.1, 0.15) is 128 Å². The third-order valence-corrected chi connectivity index (χ3v) is 12.9. The molecule has 0 spiro atoms. The predicted octanol–water partition coefficient (Wildman–Crippen LogP) is 8.84. The summed E-state index contributed by atoms with van der Waals surface area (Å²) in [5.41, 5.74) is 1.15. The lowest BCUT2D eigenvalue weighted by Gasteiger charge is -2.62. The lowest BCUT2D eigenvalue weighted by molar-refractivity contribution is -0.152. The summed E-state index contributed by atoms with van der Waals surface area (Å²) < 4.78 is 5.93. The number of hydrogen-bond donors (Lipinski definition) is 1. The summed E-state index contributed by atoms with van der Waals surface area (Å²) in [4.78, 5) is 12.6. The topological polar surface area (TPSA) is 46.5 Å². The quantitative estimate of drug-likeness (QED) is 0.347. The molecule has 1 N–H and O–H groups in total. The Morgan fingerprint density at radius 2 is 1.68 bits per heavy atom. The second-order valence-corrected chi connectivity index (χ2v) is 14.5. The van der Waals surface area contributed by atoms with Crippen molar-refractivity contribution in [3.63, 3.8) is 0 Å². The molecule has 0 radical (unpaired) electrons. The van der Waals surface area contributed by atoms with Crippen LogP contribution in [0.25, 0.3) is 0 Å². The number of carbonyl (C=O) groups excluding carboxylic acids is 1. The minimum atomic E-state index is -0.403. The molecule has 4 fully saturated rings. The number of esters is 1. The first-order valence-corrected chi connectivity index (χ1v) is 16.1. The van der Waals surface area contributed by atoms with Crippen LogP contribution in [-0.4, -0.2) is 22.8 Å². The van der Waals surface area contributed by atoms with Crippen molar-refractivity contribution in [2.24, 2.45) is 46.3 Å². The third-order valence-electron chi connectivity index (χ3n) is 12.9. The Balaban J connectivity index is 1.21. The lowest BCUT2D eigenvalue weighted by Crippen LogP contribution is -2.56. The van der Waals surface area contributed by atoms with E-state index in [1.807, 2.05) is 30.3 Å². The highest BCUT2D eigenvalue weighted by Gasteiger charge is 2.61.